The Balaban J connectivity index is 2.02. The van der Waals surface area contributed by atoms with E-state index in [-0.39, 0.29) is 5.91 Å². The van der Waals surface area contributed by atoms with E-state index >= 15 is 0 Å². The molecule has 26 heavy (non-hydrogen) atoms. The molecule has 0 aliphatic carbocycles. The Hall–Kier alpha value is -2.50. The van der Waals surface area contributed by atoms with E-state index in [0.717, 1.165) is 5.56 Å². The first-order valence-corrected chi connectivity index (χ1v) is 8.48. The first-order valence-electron chi connectivity index (χ1n) is 7.73. The van der Waals surface area contributed by atoms with E-state index in [1.807, 2.05) is 0 Å². The lowest BCUT2D eigenvalue weighted by Gasteiger charge is -2.13. The van der Waals surface area contributed by atoms with Crippen LogP contribution >= 0.6 is 23.2 Å². The Morgan fingerprint density at radius 2 is 1.73 bits per heavy atom. The smallest absolute Gasteiger partial charge is 0.280 e. The van der Waals surface area contributed by atoms with E-state index in [0.29, 0.717) is 38.5 Å². The first-order chi connectivity index (χ1) is 12.4. The van der Waals surface area contributed by atoms with Crippen LogP contribution in [0.5, 0.6) is 11.5 Å². The molecule has 0 unspecified atom stereocenters. The minimum atomic E-state index is -0.272. The number of anilines is 1. The van der Waals surface area contributed by atoms with Gasteiger partial charge in [0.2, 0.25) is 0 Å². The zero-order valence-electron chi connectivity index (χ0n) is 14.4. The van der Waals surface area contributed by atoms with Crippen molar-refractivity contribution < 1.29 is 14.3 Å². The van der Waals surface area contributed by atoms with Crippen LogP contribution in [0, 0.1) is 0 Å². The quantitative estimate of drug-likeness (QED) is 0.703. The summed E-state index contributed by atoms with van der Waals surface area (Å²) in [6, 6.07) is 10.2. The van der Waals surface area contributed by atoms with Crippen molar-refractivity contribution in [3.05, 3.63) is 57.6 Å². The summed E-state index contributed by atoms with van der Waals surface area (Å²) in [5, 5.41) is 6.48. The van der Waals surface area contributed by atoms with Crippen LogP contribution in [0.3, 0.4) is 0 Å². The highest BCUT2D eigenvalue weighted by atomic mass is 35.5. The third kappa shape index (κ3) is 3.54. The largest absolute Gasteiger partial charge is 0.497 e. The number of carbonyl (C=O) groups is 1. The van der Waals surface area contributed by atoms with Crippen molar-refractivity contribution >= 4 is 46.6 Å². The molecule has 1 heterocycles. The number of methoxy groups -OCH3 is 2. The Morgan fingerprint density at radius 3 is 2.35 bits per heavy atom. The summed E-state index contributed by atoms with van der Waals surface area (Å²) in [7, 11) is 3.15. The fourth-order valence-corrected chi connectivity index (χ4v) is 3.14. The van der Waals surface area contributed by atoms with Crippen molar-refractivity contribution in [2.45, 2.75) is 6.92 Å². The van der Waals surface area contributed by atoms with Gasteiger partial charge in [-0.1, -0.05) is 23.2 Å². The normalized spacial score (nSPS) is 15.4. The van der Waals surface area contributed by atoms with Crippen molar-refractivity contribution in [2.24, 2.45) is 5.10 Å². The first kappa shape index (κ1) is 18.3. The average Bonchev–Trinajstić information content (AvgIpc) is 2.89. The van der Waals surface area contributed by atoms with Crippen molar-refractivity contribution in [3.8, 4) is 11.5 Å². The molecular weight excluding hydrogens is 375 g/mol. The van der Waals surface area contributed by atoms with Crippen LogP contribution in [0.15, 0.2) is 47.1 Å². The van der Waals surface area contributed by atoms with Gasteiger partial charge in [0, 0.05) is 15.6 Å². The Bertz CT molecular complexity index is 918. The maximum Gasteiger partial charge on any atom is 0.280 e. The third-order valence-corrected chi connectivity index (χ3v) is 4.33. The molecule has 1 amide bonds. The van der Waals surface area contributed by atoms with Crippen LogP contribution in [0.4, 0.5) is 5.69 Å². The van der Waals surface area contributed by atoms with E-state index in [1.165, 1.54) is 5.01 Å². The van der Waals surface area contributed by atoms with Crippen LogP contribution < -0.4 is 14.5 Å². The molecule has 5 nitrogen and oxygen atoms in total. The number of hydrogen-bond acceptors (Lipinski definition) is 4. The predicted molar refractivity (Wildman–Crippen MR) is 105 cm³/mol. The summed E-state index contributed by atoms with van der Waals surface area (Å²) in [5.41, 5.74) is 2.26. The van der Waals surface area contributed by atoms with Gasteiger partial charge in [0.05, 0.1) is 31.2 Å². The monoisotopic (exact) mass is 390 g/mol. The molecule has 1 aliphatic heterocycles. The minimum Gasteiger partial charge on any atom is -0.497 e. The molecule has 0 aromatic heterocycles. The Labute approximate surface area is 161 Å². The summed E-state index contributed by atoms with van der Waals surface area (Å²) >= 11 is 12.1. The van der Waals surface area contributed by atoms with E-state index in [1.54, 1.807) is 63.6 Å². The number of benzene rings is 2. The van der Waals surface area contributed by atoms with Crippen LogP contribution in [-0.4, -0.2) is 25.8 Å². The summed E-state index contributed by atoms with van der Waals surface area (Å²) in [4.78, 5) is 12.9. The molecule has 2 aromatic carbocycles. The van der Waals surface area contributed by atoms with Crippen molar-refractivity contribution in [3.63, 3.8) is 0 Å². The summed E-state index contributed by atoms with van der Waals surface area (Å²) in [5.74, 6) is 1.02. The molecule has 0 spiro atoms. The number of carbonyl (C=O) groups excluding carboxylic acids is 1. The minimum absolute atomic E-state index is 0.272. The predicted octanol–water partition coefficient (Wildman–Crippen LogP) is 4.82. The second-order valence-electron chi connectivity index (χ2n) is 5.60. The van der Waals surface area contributed by atoms with Gasteiger partial charge in [0.25, 0.3) is 5.91 Å². The zero-order valence-corrected chi connectivity index (χ0v) is 15.9. The number of nitrogens with zero attached hydrogens (tertiary/aromatic N) is 2. The molecular formula is C19H16Cl2N2O3. The van der Waals surface area contributed by atoms with Gasteiger partial charge in [-0.15, -0.1) is 0 Å². The third-order valence-electron chi connectivity index (χ3n) is 3.89. The Morgan fingerprint density at radius 1 is 1.04 bits per heavy atom. The van der Waals surface area contributed by atoms with Gasteiger partial charge in [-0.2, -0.15) is 10.1 Å². The van der Waals surface area contributed by atoms with Gasteiger partial charge in [-0.25, -0.2) is 0 Å². The number of ether oxygens (including phenoxy) is 2. The van der Waals surface area contributed by atoms with Crippen molar-refractivity contribution in [1.29, 1.82) is 0 Å². The molecule has 0 bridgehead atoms. The summed E-state index contributed by atoms with van der Waals surface area (Å²) in [6.45, 7) is 1.77. The fraction of sp³-hybridized carbons (Fsp3) is 0.158. The molecule has 0 atom stereocenters. The SMILES string of the molecule is COc1ccc(OC)c(/C=C2/C(=O)N(c3cc(Cl)cc(Cl)c3)N=C2C)c1. The fourth-order valence-electron chi connectivity index (χ4n) is 2.63. The maximum absolute atomic E-state index is 12.9. The van der Waals surface area contributed by atoms with E-state index < -0.39 is 0 Å². The second-order valence-corrected chi connectivity index (χ2v) is 6.47. The second kappa shape index (κ2) is 7.40. The van der Waals surface area contributed by atoms with Gasteiger partial charge in [-0.3, -0.25) is 4.79 Å². The van der Waals surface area contributed by atoms with Crippen LogP contribution in [0.2, 0.25) is 10.0 Å². The number of rotatable bonds is 4. The molecule has 0 radical (unpaired) electrons. The molecule has 0 fully saturated rings. The van der Waals surface area contributed by atoms with Crippen LogP contribution in [0.25, 0.3) is 6.08 Å². The van der Waals surface area contributed by atoms with Gasteiger partial charge in [-0.05, 0) is 49.4 Å². The van der Waals surface area contributed by atoms with Crippen molar-refractivity contribution in [2.75, 3.05) is 19.2 Å². The molecule has 0 N–H and O–H groups in total. The molecule has 2 aromatic rings. The molecule has 0 saturated heterocycles. The standard InChI is InChI=1S/C19H16Cl2N2O3/c1-11-17(7-12-6-16(25-2)4-5-18(12)26-3)19(24)23(22-11)15-9-13(20)8-14(21)10-15/h4-10H,1-3H3/b17-7+. The van der Waals surface area contributed by atoms with E-state index in [2.05, 4.69) is 5.10 Å². The lowest BCUT2D eigenvalue weighted by molar-refractivity contribution is -0.114. The highest BCUT2D eigenvalue weighted by molar-refractivity contribution is 6.36. The van der Waals surface area contributed by atoms with Crippen LogP contribution in [-0.2, 0) is 4.79 Å². The maximum atomic E-state index is 12.9. The highest BCUT2D eigenvalue weighted by Gasteiger charge is 2.29. The number of amides is 1. The number of hydrazone groups is 1. The summed E-state index contributed by atoms with van der Waals surface area (Å²) < 4.78 is 10.6. The Kier molecular flexibility index (Phi) is 5.20. The topological polar surface area (TPSA) is 51.1 Å². The van der Waals surface area contributed by atoms with Crippen LogP contribution in [0.1, 0.15) is 12.5 Å². The van der Waals surface area contributed by atoms with Gasteiger partial charge < -0.3 is 9.47 Å². The molecule has 3 rings (SSSR count). The summed E-state index contributed by atoms with van der Waals surface area (Å²) in [6.07, 6.45) is 1.73. The van der Waals surface area contributed by atoms with Crippen molar-refractivity contribution in [1.82, 2.24) is 0 Å². The lowest BCUT2D eigenvalue weighted by Crippen LogP contribution is -2.21. The lowest BCUT2D eigenvalue weighted by atomic mass is 10.1. The molecule has 7 heteroatoms. The average molecular weight is 391 g/mol. The molecule has 134 valence electrons. The van der Waals surface area contributed by atoms with Gasteiger partial charge in [0.15, 0.2) is 0 Å². The van der Waals surface area contributed by atoms with Gasteiger partial charge >= 0.3 is 0 Å². The van der Waals surface area contributed by atoms with Gasteiger partial charge in [0.1, 0.15) is 11.5 Å². The van der Waals surface area contributed by atoms with E-state index in [4.69, 9.17) is 32.7 Å². The molecule has 1 aliphatic rings. The number of hydrogen-bond donors (Lipinski definition) is 0. The molecule has 0 saturated carbocycles. The van der Waals surface area contributed by atoms with E-state index in [9.17, 15) is 4.79 Å². The zero-order chi connectivity index (χ0) is 18.8. The number of halogens is 2. The highest BCUT2D eigenvalue weighted by Crippen LogP contribution is 2.32.